The molecule has 2 aromatic carbocycles. The Labute approximate surface area is 128 Å². The Hall–Kier alpha value is -2.66. The van der Waals surface area contributed by atoms with Gasteiger partial charge < -0.3 is 15.9 Å². The number of nitrogens with two attached hydrogens (primary N) is 1. The van der Waals surface area contributed by atoms with Crippen molar-refractivity contribution in [2.75, 3.05) is 6.54 Å². The highest BCUT2D eigenvalue weighted by atomic mass is 16.4. The lowest BCUT2D eigenvalue weighted by molar-refractivity contribution is -0.137. The number of carbonyl (C=O) groups is 2. The Balaban J connectivity index is 2.37. The lowest BCUT2D eigenvalue weighted by atomic mass is 9.92. The molecule has 0 bridgehead atoms. The van der Waals surface area contributed by atoms with Gasteiger partial charge in [0.1, 0.15) is 0 Å². The third kappa shape index (κ3) is 3.71. The highest BCUT2D eigenvalue weighted by molar-refractivity contribution is 5.89. The zero-order chi connectivity index (χ0) is 16.1. The van der Waals surface area contributed by atoms with Gasteiger partial charge in [0.05, 0.1) is 12.0 Å². The van der Waals surface area contributed by atoms with E-state index >= 15 is 0 Å². The molecule has 1 atom stereocenters. The quantitative estimate of drug-likeness (QED) is 0.761. The van der Waals surface area contributed by atoms with Gasteiger partial charge >= 0.3 is 11.9 Å². The number of hydrogen-bond donors (Lipinski definition) is 3. The fourth-order valence-corrected chi connectivity index (χ4v) is 2.35. The maximum absolute atomic E-state index is 11.0. The van der Waals surface area contributed by atoms with Crippen molar-refractivity contribution in [3.63, 3.8) is 0 Å². The van der Waals surface area contributed by atoms with Crippen molar-refractivity contribution < 1.29 is 19.8 Å². The zero-order valence-electron chi connectivity index (χ0n) is 11.9. The van der Waals surface area contributed by atoms with Crippen molar-refractivity contribution >= 4 is 11.9 Å². The summed E-state index contributed by atoms with van der Waals surface area (Å²) in [4.78, 5) is 21.9. The third-order valence-corrected chi connectivity index (χ3v) is 3.51. The Kier molecular flexibility index (Phi) is 4.91. The van der Waals surface area contributed by atoms with Gasteiger partial charge in [-0.05, 0) is 35.4 Å². The molecule has 0 fully saturated rings. The fourth-order valence-electron chi connectivity index (χ4n) is 2.35. The Morgan fingerprint density at radius 1 is 1.00 bits per heavy atom. The number of rotatable bonds is 6. The summed E-state index contributed by atoms with van der Waals surface area (Å²) in [5, 5.41) is 18.0. The minimum atomic E-state index is -0.983. The van der Waals surface area contributed by atoms with Crippen LogP contribution >= 0.6 is 0 Å². The van der Waals surface area contributed by atoms with E-state index in [-0.39, 0.29) is 24.4 Å². The minimum absolute atomic E-state index is 0.0326. The molecule has 2 rings (SSSR count). The van der Waals surface area contributed by atoms with Gasteiger partial charge in [0.2, 0.25) is 0 Å². The topological polar surface area (TPSA) is 101 Å². The molecule has 0 spiro atoms. The number of carboxylic acids is 2. The van der Waals surface area contributed by atoms with Gasteiger partial charge in [0, 0.05) is 5.92 Å². The van der Waals surface area contributed by atoms with Gasteiger partial charge in [-0.3, -0.25) is 4.79 Å². The van der Waals surface area contributed by atoms with E-state index in [1.54, 1.807) is 12.1 Å². The van der Waals surface area contributed by atoms with Crippen molar-refractivity contribution in [2.24, 2.45) is 5.73 Å². The normalized spacial score (nSPS) is 11.9. The van der Waals surface area contributed by atoms with Crippen molar-refractivity contribution in [3.05, 3.63) is 59.7 Å². The monoisotopic (exact) mass is 299 g/mol. The number of carboxylic acid groups (broad SMARTS) is 2. The number of hydrogen-bond acceptors (Lipinski definition) is 3. The first-order chi connectivity index (χ1) is 10.5. The maximum atomic E-state index is 11.0. The second kappa shape index (κ2) is 6.87. The minimum Gasteiger partial charge on any atom is -0.481 e. The Bertz CT molecular complexity index is 697. The van der Waals surface area contributed by atoms with Crippen LogP contribution in [-0.2, 0) is 4.79 Å². The maximum Gasteiger partial charge on any atom is 0.335 e. The Morgan fingerprint density at radius 3 is 2.23 bits per heavy atom. The fraction of sp³-hybridized carbons (Fsp3) is 0.176. The van der Waals surface area contributed by atoms with E-state index in [9.17, 15) is 9.59 Å². The van der Waals surface area contributed by atoms with Crippen molar-refractivity contribution in [1.29, 1.82) is 0 Å². The summed E-state index contributed by atoms with van der Waals surface area (Å²) in [5.41, 5.74) is 8.32. The van der Waals surface area contributed by atoms with Crippen LogP contribution in [0.3, 0.4) is 0 Å². The molecule has 1 unspecified atom stereocenters. The first-order valence-electron chi connectivity index (χ1n) is 6.87. The third-order valence-electron chi connectivity index (χ3n) is 3.51. The molecule has 0 aliphatic heterocycles. The van der Waals surface area contributed by atoms with Gasteiger partial charge in [-0.25, -0.2) is 4.79 Å². The summed E-state index contributed by atoms with van der Waals surface area (Å²) in [6.45, 7) is 0.241. The molecule has 0 radical (unpaired) electrons. The molecule has 0 heterocycles. The molecule has 2 aromatic rings. The molecule has 114 valence electrons. The summed E-state index contributed by atoms with van der Waals surface area (Å²) in [6, 6.07) is 14.0. The van der Waals surface area contributed by atoms with Crippen molar-refractivity contribution in [3.8, 4) is 11.1 Å². The van der Waals surface area contributed by atoms with E-state index in [1.165, 1.54) is 6.07 Å². The van der Waals surface area contributed by atoms with E-state index in [0.29, 0.717) is 0 Å². The highest BCUT2D eigenvalue weighted by Crippen LogP contribution is 2.26. The Morgan fingerprint density at radius 2 is 1.64 bits per heavy atom. The molecule has 0 aliphatic rings. The van der Waals surface area contributed by atoms with E-state index in [0.717, 1.165) is 16.7 Å². The molecule has 22 heavy (non-hydrogen) atoms. The van der Waals surface area contributed by atoms with Gasteiger partial charge in [-0.15, -0.1) is 0 Å². The van der Waals surface area contributed by atoms with Crippen LogP contribution in [0.4, 0.5) is 0 Å². The molecule has 0 saturated heterocycles. The second-order valence-corrected chi connectivity index (χ2v) is 5.04. The van der Waals surface area contributed by atoms with Crippen LogP contribution in [0.2, 0.25) is 0 Å². The van der Waals surface area contributed by atoms with Gasteiger partial charge in [-0.2, -0.15) is 0 Å². The molecular weight excluding hydrogens is 282 g/mol. The standard InChI is InChI=1S/C17H17NO4/c18-10-15(9-16(19)20)13-5-1-3-11(7-13)12-4-2-6-14(8-12)17(21)22/h1-8,15H,9-10,18H2,(H,19,20)(H,21,22). The zero-order valence-corrected chi connectivity index (χ0v) is 11.9. The van der Waals surface area contributed by atoms with Crippen LogP contribution in [0.5, 0.6) is 0 Å². The van der Waals surface area contributed by atoms with Crippen LogP contribution in [0.25, 0.3) is 11.1 Å². The molecule has 5 heteroatoms. The summed E-state index contributed by atoms with van der Waals surface area (Å²) in [6.07, 6.45) is -0.0326. The largest absolute Gasteiger partial charge is 0.481 e. The summed E-state index contributed by atoms with van der Waals surface area (Å²) in [5.74, 6) is -2.14. The van der Waals surface area contributed by atoms with Crippen molar-refractivity contribution in [1.82, 2.24) is 0 Å². The number of aliphatic carboxylic acids is 1. The average molecular weight is 299 g/mol. The molecular formula is C17H17NO4. The van der Waals surface area contributed by atoms with Crippen molar-refractivity contribution in [2.45, 2.75) is 12.3 Å². The second-order valence-electron chi connectivity index (χ2n) is 5.04. The SMILES string of the molecule is NCC(CC(=O)O)c1cccc(-c2cccc(C(=O)O)c2)c1. The predicted molar refractivity (Wildman–Crippen MR) is 82.9 cm³/mol. The molecule has 4 N–H and O–H groups in total. The lowest BCUT2D eigenvalue weighted by Crippen LogP contribution is -2.16. The van der Waals surface area contributed by atoms with Gasteiger partial charge in [-0.1, -0.05) is 36.4 Å². The number of aromatic carboxylic acids is 1. The van der Waals surface area contributed by atoms with Crippen LogP contribution in [-0.4, -0.2) is 28.7 Å². The smallest absolute Gasteiger partial charge is 0.335 e. The summed E-state index contributed by atoms with van der Waals surface area (Å²) >= 11 is 0. The molecule has 0 saturated carbocycles. The highest BCUT2D eigenvalue weighted by Gasteiger charge is 2.14. The molecule has 0 aliphatic carbocycles. The van der Waals surface area contributed by atoms with E-state index in [1.807, 2.05) is 30.3 Å². The molecule has 0 aromatic heterocycles. The summed E-state index contributed by atoms with van der Waals surface area (Å²) in [7, 11) is 0. The molecule has 5 nitrogen and oxygen atoms in total. The van der Waals surface area contributed by atoms with Gasteiger partial charge in [0.15, 0.2) is 0 Å². The van der Waals surface area contributed by atoms with E-state index < -0.39 is 11.9 Å². The average Bonchev–Trinajstić information content (AvgIpc) is 2.52. The first kappa shape index (κ1) is 15.7. The summed E-state index contributed by atoms with van der Waals surface area (Å²) < 4.78 is 0. The van der Waals surface area contributed by atoms with Gasteiger partial charge in [0.25, 0.3) is 0 Å². The lowest BCUT2D eigenvalue weighted by Gasteiger charge is -2.14. The molecule has 0 amide bonds. The predicted octanol–water partition coefficient (Wildman–Crippen LogP) is 2.57. The van der Waals surface area contributed by atoms with Crippen LogP contribution in [0.1, 0.15) is 28.3 Å². The van der Waals surface area contributed by atoms with Crippen LogP contribution < -0.4 is 5.73 Å². The van der Waals surface area contributed by atoms with E-state index in [4.69, 9.17) is 15.9 Å². The van der Waals surface area contributed by atoms with E-state index in [2.05, 4.69) is 0 Å². The van der Waals surface area contributed by atoms with Crippen LogP contribution in [0.15, 0.2) is 48.5 Å². The van der Waals surface area contributed by atoms with Crippen LogP contribution in [0, 0.1) is 0 Å². The number of benzene rings is 2. The first-order valence-corrected chi connectivity index (χ1v) is 6.87.